The fourth-order valence-corrected chi connectivity index (χ4v) is 1.72. The molecular weight excluding hydrogens is 216 g/mol. The third-order valence-electron chi connectivity index (χ3n) is 2.54. The predicted octanol–water partition coefficient (Wildman–Crippen LogP) is 2.62. The van der Waals surface area contributed by atoms with Crippen LogP contribution < -0.4 is 4.74 Å². The number of hydrogen-bond acceptors (Lipinski definition) is 3. The van der Waals surface area contributed by atoms with Crippen LogP contribution in [0.4, 0.5) is 0 Å². The molecule has 0 radical (unpaired) electrons. The molecule has 0 spiro atoms. The molecule has 2 rings (SSSR count). The molecule has 0 bridgehead atoms. The van der Waals surface area contributed by atoms with Crippen LogP contribution in [0.15, 0.2) is 30.6 Å². The fourth-order valence-electron chi connectivity index (χ4n) is 1.72. The Hall–Kier alpha value is -1.81. The second-order valence-electron chi connectivity index (χ2n) is 3.56. The first-order valence-electron chi connectivity index (χ1n) is 5.60. The van der Waals surface area contributed by atoms with Gasteiger partial charge in [0.15, 0.2) is 0 Å². The number of methoxy groups -OCH3 is 1. The van der Waals surface area contributed by atoms with Gasteiger partial charge in [-0.05, 0) is 19.1 Å². The summed E-state index contributed by atoms with van der Waals surface area (Å²) in [6.45, 7) is 3.15. The van der Waals surface area contributed by atoms with E-state index in [-0.39, 0.29) is 0 Å². The molecule has 0 saturated carbocycles. The number of nitrogens with one attached hydrogen (secondary N) is 1. The van der Waals surface area contributed by atoms with Gasteiger partial charge in [-0.15, -0.1) is 0 Å². The molecular formula is C13H16N2O2. The van der Waals surface area contributed by atoms with Crippen LogP contribution in [-0.2, 0) is 11.3 Å². The van der Waals surface area contributed by atoms with E-state index >= 15 is 0 Å². The number of nitrogens with zero attached hydrogens (tertiary/aromatic N) is 1. The van der Waals surface area contributed by atoms with Crippen LogP contribution in [-0.4, -0.2) is 23.7 Å². The lowest BCUT2D eigenvalue weighted by Crippen LogP contribution is -1.96. The number of aromatic nitrogens is 2. The summed E-state index contributed by atoms with van der Waals surface area (Å²) in [6, 6.07) is 7.85. The Labute approximate surface area is 101 Å². The summed E-state index contributed by atoms with van der Waals surface area (Å²) in [5.41, 5.74) is 2.86. The lowest BCUT2D eigenvalue weighted by Gasteiger charge is -2.08. The Morgan fingerprint density at radius 1 is 1.29 bits per heavy atom. The van der Waals surface area contributed by atoms with Crippen molar-refractivity contribution in [3.8, 4) is 17.0 Å². The highest BCUT2D eigenvalue weighted by molar-refractivity contribution is 5.68. The summed E-state index contributed by atoms with van der Waals surface area (Å²) in [6.07, 6.45) is 1.68. The van der Waals surface area contributed by atoms with Crippen LogP contribution in [0.3, 0.4) is 0 Å². The topological polar surface area (TPSA) is 47.1 Å². The SMILES string of the molecule is CCOCc1nc[nH]c1-c1ccccc1OC. The van der Waals surface area contributed by atoms with Crippen LogP contribution in [0.1, 0.15) is 12.6 Å². The molecule has 0 fully saturated rings. The van der Waals surface area contributed by atoms with Crippen molar-refractivity contribution in [2.45, 2.75) is 13.5 Å². The van der Waals surface area contributed by atoms with E-state index in [9.17, 15) is 0 Å². The zero-order chi connectivity index (χ0) is 12.1. The second kappa shape index (κ2) is 5.50. The largest absolute Gasteiger partial charge is 0.496 e. The normalized spacial score (nSPS) is 10.5. The Kier molecular flexibility index (Phi) is 3.77. The molecule has 0 atom stereocenters. The highest BCUT2D eigenvalue weighted by atomic mass is 16.5. The van der Waals surface area contributed by atoms with Crippen molar-refractivity contribution in [3.05, 3.63) is 36.3 Å². The van der Waals surface area contributed by atoms with Gasteiger partial charge in [-0.3, -0.25) is 0 Å². The van der Waals surface area contributed by atoms with Crippen molar-refractivity contribution < 1.29 is 9.47 Å². The maximum Gasteiger partial charge on any atom is 0.128 e. The lowest BCUT2D eigenvalue weighted by molar-refractivity contribution is 0.132. The third-order valence-corrected chi connectivity index (χ3v) is 2.54. The van der Waals surface area contributed by atoms with Gasteiger partial charge in [0, 0.05) is 12.2 Å². The molecule has 0 saturated heterocycles. The van der Waals surface area contributed by atoms with Crippen molar-refractivity contribution in [1.29, 1.82) is 0 Å². The van der Waals surface area contributed by atoms with E-state index in [0.717, 1.165) is 22.7 Å². The lowest BCUT2D eigenvalue weighted by atomic mass is 10.1. The molecule has 17 heavy (non-hydrogen) atoms. The first kappa shape index (κ1) is 11.7. The Morgan fingerprint density at radius 3 is 2.88 bits per heavy atom. The molecule has 1 aromatic heterocycles. The van der Waals surface area contributed by atoms with Crippen LogP contribution in [0.2, 0.25) is 0 Å². The Morgan fingerprint density at radius 2 is 2.12 bits per heavy atom. The Bertz CT molecular complexity index is 480. The van der Waals surface area contributed by atoms with Crippen molar-refractivity contribution in [3.63, 3.8) is 0 Å². The van der Waals surface area contributed by atoms with E-state index in [1.165, 1.54) is 0 Å². The van der Waals surface area contributed by atoms with Crippen molar-refractivity contribution in [2.24, 2.45) is 0 Å². The van der Waals surface area contributed by atoms with Gasteiger partial charge in [0.25, 0.3) is 0 Å². The summed E-state index contributed by atoms with van der Waals surface area (Å²) < 4.78 is 10.7. The molecule has 0 aliphatic heterocycles. The minimum Gasteiger partial charge on any atom is -0.496 e. The second-order valence-corrected chi connectivity index (χ2v) is 3.56. The van der Waals surface area contributed by atoms with Gasteiger partial charge in [-0.1, -0.05) is 12.1 Å². The minimum absolute atomic E-state index is 0.507. The molecule has 2 aromatic rings. The van der Waals surface area contributed by atoms with E-state index in [1.54, 1.807) is 13.4 Å². The zero-order valence-corrected chi connectivity index (χ0v) is 10.1. The zero-order valence-electron chi connectivity index (χ0n) is 10.1. The Balaban J connectivity index is 2.35. The molecule has 0 aliphatic carbocycles. The average Bonchev–Trinajstić information content (AvgIpc) is 2.84. The molecule has 0 aliphatic rings. The first-order chi connectivity index (χ1) is 8.36. The molecule has 1 aromatic carbocycles. The fraction of sp³-hybridized carbons (Fsp3) is 0.308. The predicted molar refractivity (Wildman–Crippen MR) is 65.9 cm³/mol. The molecule has 0 unspecified atom stereocenters. The number of aromatic amines is 1. The van der Waals surface area contributed by atoms with Gasteiger partial charge in [0.05, 0.1) is 31.4 Å². The monoisotopic (exact) mass is 232 g/mol. The number of hydrogen-bond donors (Lipinski definition) is 1. The van der Waals surface area contributed by atoms with E-state index in [0.29, 0.717) is 13.2 Å². The molecule has 1 heterocycles. The highest BCUT2D eigenvalue weighted by Crippen LogP contribution is 2.30. The molecule has 0 amide bonds. The standard InChI is InChI=1S/C13H16N2O2/c1-3-17-8-11-13(15-9-14-11)10-6-4-5-7-12(10)16-2/h4-7,9H,3,8H2,1-2H3,(H,14,15). The quantitative estimate of drug-likeness (QED) is 0.862. The van der Waals surface area contributed by atoms with Crippen LogP contribution in [0.25, 0.3) is 11.3 Å². The van der Waals surface area contributed by atoms with E-state index in [2.05, 4.69) is 9.97 Å². The number of benzene rings is 1. The summed E-state index contributed by atoms with van der Waals surface area (Å²) >= 11 is 0. The van der Waals surface area contributed by atoms with Gasteiger partial charge in [0.2, 0.25) is 0 Å². The van der Waals surface area contributed by atoms with E-state index in [1.807, 2.05) is 31.2 Å². The smallest absolute Gasteiger partial charge is 0.128 e. The number of rotatable bonds is 5. The number of ether oxygens (including phenoxy) is 2. The van der Waals surface area contributed by atoms with Crippen LogP contribution >= 0.6 is 0 Å². The maximum absolute atomic E-state index is 5.39. The summed E-state index contributed by atoms with van der Waals surface area (Å²) in [4.78, 5) is 7.40. The van der Waals surface area contributed by atoms with Gasteiger partial charge in [-0.25, -0.2) is 4.98 Å². The van der Waals surface area contributed by atoms with Crippen molar-refractivity contribution in [2.75, 3.05) is 13.7 Å². The van der Waals surface area contributed by atoms with Crippen molar-refractivity contribution >= 4 is 0 Å². The van der Waals surface area contributed by atoms with Gasteiger partial charge in [0.1, 0.15) is 5.75 Å². The maximum atomic E-state index is 5.39. The van der Waals surface area contributed by atoms with Gasteiger partial charge < -0.3 is 14.5 Å². The summed E-state index contributed by atoms with van der Waals surface area (Å²) in [5, 5.41) is 0. The van der Waals surface area contributed by atoms with Crippen LogP contribution in [0.5, 0.6) is 5.75 Å². The average molecular weight is 232 g/mol. The molecule has 4 nitrogen and oxygen atoms in total. The highest BCUT2D eigenvalue weighted by Gasteiger charge is 2.11. The third kappa shape index (κ3) is 2.47. The number of H-pyrrole nitrogens is 1. The number of para-hydroxylation sites is 1. The molecule has 1 N–H and O–H groups in total. The van der Waals surface area contributed by atoms with Crippen molar-refractivity contribution in [1.82, 2.24) is 9.97 Å². The summed E-state index contributed by atoms with van der Waals surface area (Å²) in [5.74, 6) is 0.828. The first-order valence-corrected chi connectivity index (χ1v) is 5.60. The van der Waals surface area contributed by atoms with E-state index in [4.69, 9.17) is 9.47 Å². The number of imidazole rings is 1. The minimum atomic E-state index is 0.507. The van der Waals surface area contributed by atoms with Gasteiger partial charge >= 0.3 is 0 Å². The molecule has 90 valence electrons. The molecule has 4 heteroatoms. The van der Waals surface area contributed by atoms with Crippen LogP contribution in [0, 0.1) is 0 Å². The van der Waals surface area contributed by atoms with E-state index < -0.39 is 0 Å². The summed E-state index contributed by atoms with van der Waals surface area (Å²) in [7, 11) is 1.66. The van der Waals surface area contributed by atoms with Gasteiger partial charge in [-0.2, -0.15) is 0 Å².